The number of hydrogen-bond acceptors (Lipinski definition) is 4. The first-order valence-corrected chi connectivity index (χ1v) is 10.4. The number of aryl methyl sites for hydroxylation is 1. The molecule has 4 rings (SSSR count). The molecular formula is C20H17ClN4O2S. The van der Waals surface area contributed by atoms with Gasteiger partial charge in [0.05, 0.1) is 12.2 Å². The first kappa shape index (κ1) is 18.5. The molecule has 0 aliphatic rings. The minimum absolute atomic E-state index is 0.0894. The van der Waals surface area contributed by atoms with Crippen molar-refractivity contribution in [2.45, 2.75) is 18.4 Å². The van der Waals surface area contributed by atoms with Gasteiger partial charge >= 0.3 is 0 Å². The van der Waals surface area contributed by atoms with E-state index in [1.807, 2.05) is 30.3 Å². The largest absolute Gasteiger partial charge is 0.286 e. The van der Waals surface area contributed by atoms with Crippen LogP contribution in [0.2, 0.25) is 5.02 Å². The van der Waals surface area contributed by atoms with Gasteiger partial charge in [-0.05, 0) is 42.8 Å². The van der Waals surface area contributed by atoms with E-state index in [0.29, 0.717) is 22.2 Å². The summed E-state index contributed by atoms with van der Waals surface area (Å²) in [7, 11) is -3.93. The average molecular weight is 413 g/mol. The molecule has 0 saturated heterocycles. The van der Waals surface area contributed by atoms with Crippen LogP contribution in [0.1, 0.15) is 11.4 Å². The van der Waals surface area contributed by atoms with Gasteiger partial charge in [0, 0.05) is 11.2 Å². The quantitative estimate of drug-likeness (QED) is 0.495. The summed E-state index contributed by atoms with van der Waals surface area (Å²) in [5.41, 5.74) is 1.63. The predicted octanol–water partition coefficient (Wildman–Crippen LogP) is 4.09. The summed E-state index contributed by atoms with van der Waals surface area (Å²) in [6.07, 6.45) is 1.74. The minimum atomic E-state index is -3.93. The van der Waals surface area contributed by atoms with E-state index < -0.39 is 10.0 Å². The zero-order valence-corrected chi connectivity index (χ0v) is 16.6. The second kappa shape index (κ2) is 7.26. The van der Waals surface area contributed by atoms with Gasteiger partial charge in [0.1, 0.15) is 10.7 Å². The van der Waals surface area contributed by atoms with Gasteiger partial charge in [-0.2, -0.15) is 0 Å². The van der Waals surface area contributed by atoms with Gasteiger partial charge in [-0.15, -0.1) is 10.2 Å². The molecule has 0 aliphatic carbocycles. The monoisotopic (exact) mass is 412 g/mol. The first-order valence-electron chi connectivity index (χ1n) is 8.59. The highest BCUT2D eigenvalue weighted by Crippen LogP contribution is 2.29. The van der Waals surface area contributed by atoms with Gasteiger partial charge in [-0.1, -0.05) is 48.0 Å². The van der Waals surface area contributed by atoms with E-state index in [4.69, 9.17) is 11.6 Å². The number of sulfonamides is 1. The van der Waals surface area contributed by atoms with Crippen LogP contribution in [0.25, 0.3) is 5.65 Å². The molecule has 0 radical (unpaired) electrons. The third-order valence-corrected chi connectivity index (χ3v) is 6.43. The Morgan fingerprint density at radius 3 is 2.54 bits per heavy atom. The Kier molecular flexibility index (Phi) is 4.78. The van der Waals surface area contributed by atoms with Crippen LogP contribution in [0, 0.1) is 6.92 Å². The Balaban J connectivity index is 1.89. The Bertz CT molecular complexity index is 1240. The normalized spacial score (nSPS) is 11.6. The molecule has 0 saturated carbocycles. The van der Waals surface area contributed by atoms with Crippen molar-refractivity contribution in [2.24, 2.45) is 0 Å². The van der Waals surface area contributed by atoms with E-state index in [2.05, 4.69) is 10.2 Å². The maximum absolute atomic E-state index is 13.7. The highest BCUT2D eigenvalue weighted by molar-refractivity contribution is 7.93. The maximum Gasteiger partial charge on any atom is 0.268 e. The second-order valence-electron chi connectivity index (χ2n) is 6.29. The summed E-state index contributed by atoms with van der Waals surface area (Å²) in [6, 6.07) is 19.4. The smallest absolute Gasteiger partial charge is 0.268 e. The molecule has 0 unspecified atom stereocenters. The van der Waals surface area contributed by atoms with Crippen molar-refractivity contribution < 1.29 is 8.42 Å². The molecule has 0 aliphatic heterocycles. The fourth-order valence-corrected chi connectivity index (χ4v) is 4.77. The van der Waals surface area contributed by atoms with Gasteiger partial charge in [0.15, 0.2) is 5.65 Å². The molecule has 0 atom stereocenters. The SMILES string of the molecule is Cc1nnc2c(S(=O)(=O)N(Cc3ccccc3)c3cccc(Cl)c3)cccn12. The van der Waals surface area contributed by atoms with Crippen molar-refractivity contribution in [1.82, 2.24) is 14.6 Å². The average Bonchev–Trinajstić information content (AvgIpc) is 3.08. The molecule has 6 nitrogen and oxygen atoms in total. The van der Waals surface area contributed by atoms with Crippen LogP contribution in [0.15, 0.2) is 77.8 Å². The standard InChI is InChI=1S/C20H17ClN4O2S/c1-15-22-23-20-19(11-6-12-24(15)20)28(26,27)25(14-16-7-3-2-4-8-16)18-10-5-9-17(21)13-18/h2-13H,14H2,1H3. The first-order chi connectivity index (χ1) is 13.5. The van der Waals surface area contributed by atoms with Gasteiger partial charge < -0.3 is 0 Å². The molecule has 2 aromatic heterocycles. The predicted molar refractivity (Wildman–Crippen MR) is 109 cm³/mol. The number of halogens is 1. The van der Waals surface area contributed by atoms with Crippen LogP contribution in [0.3, 0.4) is 0 Å². The number of nitrogens with zero attached hydrogens (tertiary/aromatic N) is 4. The summed E-state index contributed by atoms with van der Waals surface area (Å²) in [5, 5.41) is 8.54. The summed E-state index contributed by atoms with van der Waals surface area (Å²) < 4.78 is 30.3. The van der Waals surface area contributed by atoms with Gasteiger partial charge in [0.25, 0.3) is 10.0 Å². The van der Waals surface area contributed by atoms with E-state index in [1.54, 1.807) is 53.9 Å². The van der Waals surface area contributed by atoms with E-state index in [1.165, 1.54) is 4.31 Å². The van der Waals surface area contributed by atoms with Crippen molar-refractivity contribution in [1.29, 1.82) is 0 Å². The molecule has 0 fully saturated rings. The van der Waals surface area contributed by atoms with E-state index >= 15 is 0 Å². The molecule has 4 aromatic rings. The molecule has 0 bridgehead atoms. The fraction of sp³-hybridized carbons (Fsp3) is 0.100. The highest BCUT2D eigenvalue weighted by atomic mass is 35.5. The lowest BCUT2D eigenvalue weighted by Crippen LogP contribution is -2.31. The maximum atomic E-state index is 13.7. The minimum Gasteiger partial charge on any atom is -0.286 e. The molecule has 8 heteroatoms. The van der Waals surface area contributed by atoms with Crippen LogP contribution in [-0.2, 0) is 16.6 Å². The Hall–Kier alpha value is -2.90. The molecule has 0 amide bonds. The van der Waals surface area contributed by atoms with Gasteiger partial charge in [-0.3, -0.25) is 8.71 Å². The lowest BCUT2D eigenvalue weighted by molar-refractivity contribution is 0.590. The molecule has 28 heavy (non-hydrogen) atoms. The molecule has 2 heterocycles. The summed E-state index contributed by atoms with van der Waals surface area (Å²) in [4.78, 5) is 0.0894. The van der Waals surface area contributed by atoms with E-state index in [-0.39, 0.29) is 11.4 Å². The van der Waals surface area contributed by atoms with Crippen molar-refractivity contribution >= 4 is 33.0 Å². The second-order valence-corrected chi connectivity index (χ2v) is 8.56. The van der Waals surface area contributed by atoms with Crippen LogP contribution < -0.4 is 4.31 Å². The molecule has 142 valence electrons. The molecule has 0 N–H and O–H groups in total. The van der Waals surface area contributed by atoms with E-state index in [9.17, 15) is 8.42 Å². The third kappa shape index (κ3) is 3.34. The highest BCUT2D eigenvalue weighted by Gasteiger charge is 2.28. The summed E-state index contributed by atoms with van der Waals surface area (Å²) >= 11 is 6.14. The Morgan fingerprint density at radius 1 is 1.00 bits per heavy atom. The number of anilines is 1. The molecule has 2 aromatic carbocycles. The third-order valence-electron chi connectivity index (χ3n) is 4.40. The summed E-state index contributed by atoms with van der Waals surface area (Å²) in [5.74, 6) is 0.615. The van der Waals surface area contributed by atoms with Crippen molar-refractivity contribution in [3.63, 3.8) is 0 Å². The Morgan fingerprint density at radius 2 is 1.79 bits per heavy atom. The molecule has 0 spiro atoms. The van der Waals surface area contributed by atoms with E-state index in [0.717, 1.165) is 5.56 Å². The van der Waals surface area contributed by atoms with Crippen molar-refractivity contribution in [3.8, 4) is 0 Å². The topological polar surface area (TPSA) is 67.6 Å². The number of pyridine rings is 1. The van der Waals surface area contributed by atoms with Crippen LogP contribution in [0.5, 0.6) is 0 Å². The van der Waals surface area contributed by atoms with Crippen LogP contribution in [0.4, 0.5) is 5.69 Å². The Labute approximate surface area is 168 Å². The van der Waals surface area contributed by atoms with Crippen LogP contribution >= 0.6 is 11.6 Å². The zero-order chi connectivity index (χ0) is 19.7. The molecular weight excluding hydrogens is 396 g/mol. The number of hydrogen-bond donors (Lipinski definition) is 0. The van der Waals surface area contributed by atoms with Crippen molar-refractivity contribution in [2.75, 3.05) is 4.31 Å². The lowest BCUT2D eigenvalue weighted by Gasteiger charge is -2.25. The van der Waals surface area contributed by atoms with Gasteiger partial charge in [0.2, 0.25) is 0 Å². The fourth-order valence-electron chi connectivity index (χ4n) is 3.02. The van der Waals surface area contributed by atoms with Crippen molar-refractivity contribution in [3.05, 3.63) is 89.3 Å². The van der Waals surface area contributed by atoms with Crippen LogP contribution in [-0.4, -0.2) is 23.0 Å². The zero-order valence-electron chi connectivity index (χ0n) is 15.0. The number of benzene rings is 2. The number of aromatic nitrogens is 3. The summed E-state index contributed by atoms with van der Waals surface area (Å²) in [6.45, 7) is 1.94. The van der Waals surface area contributed by atoms with Gasteiger partial charge in [-0.25, -0.2) is 8.42 Å². The number of rotatable bonds is 5. The number of fused-ring (bicyclic) bond motifs is 1. The lowest BCUT2D eigenvalue weighted by atomic mass is 10.2.